The molecule has 0 spiro atoms. The van der Waals surface area contributed by atoms with Gasteiger partial charge in [0.2, 0.25) is 0 Å². The average Bonchev–Trinajstić information content (AvgIpc) is 3.92. The number of para-hydroxylation sites is 2. The van der Waals surface area contributed by atoms with Gasteiger partial charge in [-0.05, 0) is 76.9 Å². The van der Waals surface area contributed by atoms with Gasteiger partial charge in [0.05, 0.1) is 26.1 Å². The first-order valence-electron chi connectivity index (χ1n) is 18.3. The molecule has 0 aliphatic carbocycles. The zero-order valence-electron chi connectivity index (χ0n) is 29.2. The van der Waals surface area contributed by atoms with Crippen LogP contribution >= 0.6 is 22.7 Å². The maximum absolute atomic E-state index is 2.44. The quantitative estimate of drug-likeness (QED) is 0.166. The van der Waals surface area contributed by atoms with Crippen LogP contribution in [0.3, 0.4) is 0 Å². The maximum Gasteiger partial charge on any atom is 0.0727 e. The molecule has 0 saturated carbocycles. The molecule has 3 heterocycles. The van der Waals surface area contributed by atoms with Gasteiger partial charge in [-0.2, -0.15) is 0 Å². The molecule has 11 aromatic rings. The van der Waals surface area contributed by atoms with Gasteiger partial charge in [-0.1, -0.05) is 140 Å². The van der Waals surface area contributed by atoms with Crippen LogP contribution in [0, 0.1) is 0 Å². The van der Waals surface area contributed by atoms with Gasteiger partial charge in [0.15, 0.2) is 0 Å². The monoisotopic (exact) mass is 724 g/mol. The van der Waals surface area contributed by atoms with E-state index in [0.29, 0.717) is 0 Å². The predicted molar refractivity (Wildman–Crippen MR) is 235 cm³/mol. The number of anilines is 3. The Labute approximate surface area is 321 Å². The highest BCUT2D eigenvalue weighted by molar-refractivity contribution is 7.27. The van der Waals surface area contributed by atoms with E-state index in [0.717, 1.165) is 11.4 Å². The predicted octanol–water partition coefficient (Wildman–Crippen LogP) is 15.2. The number of fused-ring (bicyclic) bond motifs is 8. The first-order valence-corrected chi connectivity index (χ1v) is 19.9. The maximum atomic E-state index is 2.44. The Kier molecular flexibility index (Phi) is 7.25. The Bertz CT molecular complexity index is 3130. The van der Waals surface area contributed by atoms with Gasteiger partial charge >= 0.3 is 0 Å². The first-order chi connectivity index (χ1) is 26.8. The van der Waals surface area contributed by atoms with Crippen molar-refractivity contribution in [1.29, 1.82) is 0 Å². The molecular weight excluding hydrogens is 693 g/mol. The summed E-state index contributed by atoms with van der Waals surface area (Å²) >= 11 is 3.77. The van der Waals surface area contributed by atoms with Crippen LogP contribution < -0.4 is 4.90 Å². The molecule has 11 rings (SSSR count). The van der Waals surface area contributed by atoms with Crippen molar-refractivity contribution >= 4 is 91.1 Å². The summed E-state index contributed by atoms with van der Waals surface area (Å²) < 4.78 is 7.67. The molecule has 254 valence electrons. The van der Waals surface area contributed by atoms with Gasteiger partial charge in [0.25, 0.3) is 0 Å². The molecule has 0 amide bonds. The smallest absolute Gasteiger partial charge is 0.0727 e. The Hall–Kier alpha value is -6.46. The van der Waals surface area contributed by atoms with Crippen LogP contribution in [0.15, 0.2) is 194 Å². The van der Waals surface area contributed by atoms with Crippen molar-refractivity contribution in [2.24, 2.45) is 0 Å². The number of benzene rings is 8. The Balaban J connectivity index is 1.06. The summed E-state index contributed by atoms with van der Waals surface area (Å²) in [5.74, 6) is 0. The second-order valence-corrected chi connectivity index (χ2v) is 15.8. The lowest BCUT2D eigenvalue weighted by molar-refractivity contribution is 1.19. The number of nitrogens with zero attached hydrogens (tertiary/aromatic N) is 2. The molecule has 0 bridgehead atoms. The van der Waals surface area contributed by atoms with E-state index in [2.05, 4.69) is 204 Å². The highest BCUT2D eigenvalue weighted by atomic mass is 32.1. The molecule has 0 saturated heterocycles. The van der Waals surface area contributed by atoms with Crippen LogP contribution in [0.4, 0.5) is 17.1 Å². The van der Waals surface area contributed by atoms with Crippen LogP contribution in [-0.2, 0) is 0 Å². The lowest BCUT2D eigenvalue weighted by Crippen LogP contribution is -2.10. The van der Waals surface area contributed by atoms with E-state index in [9.17, 15) is 0 Å². The van der Waals surface area contributed by atoms with Crippen molar-refractivity contribution in [3.63, 3.8) is 0 Å². The number of hydrogen-bond donors (Lipinski definition) is 0. The Morgan fingerprint density at radius 2 is 0.963 bits per heavy atom. The average molecular weight is 725 g/mol. The second kappa shape index (κ2) is 12.6. The van der Waals surface area contributed by atoms with E-state index in [-0.39, 0.29) is 0 Å². The van der Waals surface area contributed by atoms with Crippen molar-refractivity contribution in [2.45, 2.75) is 0 Å². The molecule has 0 aliphatic rings. The second-order valence-electron chi connectivity index (χ2n) is 13.7. The van der Waals surface area contributed by atoms with E-state index in [4.69, 9.17) is 0 Å². The van der Waals surface area contributed by atoms with Gasteiger partial charge in [-0.25, -0.2) is 0 Å². The summed E-state index contributed by atoms with van der Waals surface area (Å²) in [5.41, 5.74) is 12.0. The third-order valence-electron chi connectivity index (χ3n) is 10.6. The standard InChI is InChI=1S/C50H32N2S2/c1-3-13-33(14-4-1)34-25-29-37(30-26-34)51(45-23-12-20-41-40-17-8-10-24-46(40)53-49(41)45)38-31-27-35(28-32-38)39-19-11-21-43-47-50(54-48(39)43)42-18-7-9-22-44(42)52(47)36-15-5-2-6-16-36/h1-32H. The SMILES string of the molecule is c1ccc(-c2ccc(N(c3ccc(-c4cccc5c4sc4c6ccccc6n(-c6ccccc6)c54)cc3)c3cccc4c3sc3ccccc34)cc2)cc1. The van der Waals surface area contributed by atoms with Gasteiger partial charge < -0.3 is 9.47 Å². The minimum atomic E-state index is 1.13. The summed E-state index contributed by atoms with van der Waals surface area (Å²) in [6.45, 7) is 0. The summed E-state index contributed by atoms with van der Waals surface area (Å²) in [6, 6.07) is 70.6. The van der Waals surface area contributed by atoms with E-state index in [1.54, 1.807) is 0 Å². The molecule has 4 heteroatoms. The number of rotatable bonds is 6. The molecule has 8 aromatic carbocycles. The number of thiophene rings is 2. The first kappa shape index (κ1) is 31.1. The molecule has 3 aromatic heterocycles. The molecule has 54 heavy (non-hydrogen) atoms. The zero-order valence-corrected chi connectivity index (χ0v) is 30.8. The van der Waals surface area contributed by atoms with Crippen LogP contribution in [0.5, 0.6) is 0 Å². The fourth-order valence-corrected chi connectivity index (χ4v) is 10.7. The molecule has 0 N–H and O–H groups in total. The summed E-state index contributed by atoms with van der Waals surface area (Å²) in [6.07, 6.45) is 0. The van der Waals surface area contributed by atoms with Gasteiger partial charge in [0.1, 0.15) is 0 Å². The molecule has 0 aliphatic heterocycles. The molecule has 0 atom stereocenters. The van der Waals surface area contributed by atoms with E-state index >= 15 is 0 Å². The van der Waals surface area contributed by atoms with Crippen molar-refractivity contribution < 1.29 is 0 Å². The van der Waals surface area contributed by atoms with Gasteiger partial charge in [-0.15, -0.1) is 22.7 Å². The zero-order chi connectivity index (χ0) is 35.6. The molecule has 0 fully saturated rings. The number of hydrogen-bond acceptors (Lipinski definition) is 3. The molecule has 2 nitrogen and oxygen atoms in total. The molecular formula is C50H32N2S2. The van der Waals surface area contributed by atoms with Crippen molar-refractivity contribution in [3.8, 4) is 27.9 Å². The van der Waals surface area contributed by atoms with Crippen LogP contribution in [-0.4, -0.2) is 4.57 Å². The molecule has 0 radical (unpaired) electrons. The van der Waals surface area contributed by atoms with Crippen molar-refractivity contribution in [3.05, 3.63) is 194 Å². The highest BCUT2D eigenvalue weighted by Crippen LogP contribution is 2.48. The van der Waals surface area contributed by atoms with E-state index in [1.165, 1.54) is 85.0 Å². The fraction of sp³-hybridized carbons (Fsp3) is 0. The van der Waals surface area contributed by atoms with Crippen LogP contribution in [0.2, 0.25) is 0 Å². The normalized spacial score (nSPS) is 11.7. The van der Waals surface area contributed by atoms with Crippen molar-refractivity contribution in [2.75, 3.05) is 4.90 Å². The highest BCUT2D eigenvalue weighted by Gasteiger charge is 2.21. The third-order valence-corrected chi connectivity index (χ3v) is 13.1. The fourth-order valence-electron chi connectivity index (χ4n) is 8.12. The lowest BCUT2D eigenvalue weighted by atomic mass is 10.0. The largest absolute Gasteiger partial charge is 0.309 e. The Morgan fingerprint density at radius 3 is 1.74 bits per heavy atom. The van der Waals surface area contributed by atoms with Crippen LogP contribution in [0.1, 0.15) is 0 Å². The lowest BCUT2D eigenvalue weighted by Gasteiger charge is -2.26. The van der Waals surface area contributed by atoms with E-state index in [1.807, 2.05) is 22.7 Å². The summed E-state index contributed by atoms with van der Waals surface area (Å²) in [7, 11) is 0. The van der Waals surface area contributed by atoms with Crippen LogP contribution in [0.25, 0.3) is 79.3 Å². The third kappa shape index (κ3) is 4.92. The topological polar surface area (TPSA) is 8.17 Å². The van der Waals surface area contributed by atoms with Gasteiger partial charge in [-0.3, -0.25) is 0 Å². The summed E-state index contributed by atoms with van der Waals surface area (Å²) in [5, 5.41) is 5.18. The Morgan fingerprint density at radius 1 is 0.370 bits per heavy atom. The minimum absolute atomic E-state index is 1.13. The van der Waals surface area contributed by atoms with Crippen molar-refractivity contribution in [1.82, 2.24) is 4.57 Å². The summed E-state index contributed by atoms with van der Waals surface area (Å²) in [4.78, 5) is 2.42. The van der Waals surface area contributed by atoms with Gasteiger partial charge in [0, 0.05) is 48.0 Å². The molecule has 0 unspecified atom stereocenters. The van der Waals surface area contributed by atoms with E-state index < -0.39 is 0 Å². The minimum Gasteiger partial charge on any atom is -0.309 e. The number of aromatic nitrogens is 1.